The molecule has 0 amide bonds. The highest BCUT2D eigenvalue weighted by molar-refractivity contribution is 5.09. The lowest BCUT2D eigenvalue weighted by atomic mass is 10.1. The first kappa shape index (κ1) is 8.22. The van der Waals surface area contributed by atoms with Gasteiger partial charge < -0.3 is 0 Å². The van der Waals surface area contributed by atoms with Crippen molar-refractivity contribution in [3.63, 3.8) is 0 Å². The Labute approximate surface area is 57.6 Å². The van der Waals surface area contributed by atoms with Gasteiger partial charge in [-0.05, 0) is 19.8 Å². The smallest absolute Gasteiger partial charge is 0.0114 e. The Morgan fingerprint density at radius 2 is 2.00 bits per heavy atom. The van der Waals surface area contributed by atoms with Crippen LogP contribution in [-0.4, -0.2) is 0 Å². The molecule has 0 saturated heterocycles. The summed E-state index contributed by atoms with van der Waals surface area (Å²) in [6.45, 7) is 13.3. The van der Waals surface area contributed by atoms with Crippen molar-refractivity contribution < 1.29 is 0 Å². The van der Waals surface area contributed by atoms with Crippen LogP contribution < -0.4 is 0 Å². The summed E-state index contributed by atoms with van der Waals surface area (Å²) in [6, 6.07) is 0. The number of hydrogen-bond acceptors (Lipinski definition) is 0. The van der Waals surface area contributed by atoms with Crippen LogP contribution in [0.4, 0.5) is 0 Å². The van der Waals surface area contributed by atoms with Crippen LogP contribution in [0.5, 0.6) is 0 Å². The van der Waals surface area contributed by atoms with Crippen LogP contribution in [0.15, 0.2) is 37.0 Å². The van der Waals surface area contributed by atoms with Crippen LogP contribution in [0.25, 0.3) is 0 Å². The summed E-state index contributed by atoms with van der Waals surface area (Å²) in [6.07, 6.45) is 3.71. The van der Waals surface area contributed by atoms with Gasteiger partial charge in [0.15, 0.2) is 0 Å². The molecule has 9 heavy (non-hydrogen) atoms. The van der Waals surface area contributed by atoms with Gasteiger partial charge in [0, 0.05) is 0 Å². The highest BCUT2D eigenvalue weighted by Gasteiger charge is 1.89. The van der Waals surface area contributed by atoms with Crippen molar-refractivity contribution >= 4 is 0 Å². The van der Waals surface area contributed by atoms with Crippen molar-refractivity contribution in [2.24, 2.45) is 0 Å². The normalized spacial score (nSPS) is 8.56. The van der Waals surface area contributed by atoms with E-state index in [0.717, 1.165) is 12.8 Å². The fraction of sp³-hybridized carbons (Fsp3) is 0.333. The molecule has 0 saturated carbocycles. The SMILES string of the molecule is C=CCC(=C)CC(=C)C. The highest BCUT2D eigenvalue weighted by atomic mass is 14.0. The van der Waals surface area contributed by atoms with Crippen molar-refractivity contribution in [3.8, 4) is 0 Å². The number of rotatable bonds is 4. The van der Waals surface area contributed by atoms with Gasteiger partial charge >= 0.3 is 0 Å². The Morgan fingerprint density at radius 3 is 2.33 bits per heavy atom. The van der Waals surface area contributed by atoms with Gasteiger partial charge in [-0.25, -0.2) is 0 Å². The van der Waals surface area contributed by atoms with Crippen molar-refractivity contribution in [2.75, 3.05) is 0 Å². The maximum atomic E-state index is 3.85. The van der Waals surface area contributed by atoms with Gasteiger partial charge in [-0.3, -0.25) is 0 Å². The Bertz CT molecular complexity index is 129. The molecule has 0 spiro atoms. The zero-order chi connectivity index (χ0) is 7.28. The van der Waals surface area contributed by atoms with E-state index in [9.17, 15) is 0 Å². The monoisotopic (exact) mass is 122 g/mol. The van der Waals surface area contributed by atoms with Gasteiger partial charge in [0.25, 0.3) is 0 Å². The van der Waals surface area contributed by atoms with Crippen LogP contribution in [0.2, 0.25) is 0 Å². The minimum Gasteiger partial charge on any atom is -0.103 e. The molecule has 0 N–H and O–H groups in total. The lowest BCUT2D eigenvalue weighted by Gasteiger charge is -1.99. The largest absolute Gasteiger partial charge is 0.103 e. The van der Waals surface area contributed by atoms with E-state index < -0.39 is 0 Å². The van der Waals surface area contributed by atoms with Crippen molar-refractivity contribution in [1.29, 1.82) is 0 Å². The molecule has 50 valence electrons. The fourth-order valence-electron chi connectivity index (χ4n) is 0.703. The topological polar surface area (TPSA) is 0 Å². The average molecular weight is 122 g/mol. The standard InChI is InChI=1S/C9H14/c1-5-6-9(4)7-8(2)3/h5H,1-2,4,6-7H2,3H3. The quantitative estimate of drug-likeness (QED) is 0.503. The van der Waals surface area contributed by atoms with E-state index in [-0.39, 0.29) is 0 Å². The van der Waals surface area contributed by atoms with Gasteiger partial charge in [-0.1, -0.05) is 30.4 Å². The Morgan fingerprint density at radius 1 is 1.44 bits per heavy atom. The summed E-state index contributed by atoms with van der Waals surface area (Å²) in [4.78, 5) is 0. The van der Waals surface area contributed by atoms with Crippen LogP contribution in [0.3, 0.4) is 0 Å². The second-order valence-corrected chi connectivity index (χ2v) is 2.38. The fourth-order valence-corrected chi connectivity index (χ4v) is 0.703. The van der Waals surface area contributed by atoms with Gasteiger partial charge in [-0.15, -0.1) is 6.58 Å². The molecule has 0 aromatic rings. The van der Waals surface area contributed by atoms with Crippen molar-refractivity contribution in [1.82, 2.24) is 0 Å². The minimum absolute atomic E-state index is 0.910. The van der Waals surface area contributed by atoms with E-state index in [1.807, 2.05) is 13.0 Å². The van der Waals surface area contributed by atoms with Crippen molar-refractivity contribution in [2.45, 2.75) is 19.8 Å². The molecule has 0 heterocycles. The third-order valence-electron chi connectivity index (χ3n) is 0.985. The molecule has 0 aromatic heterocycles. The van der Waals surface area contributed by atoms with Crippen LogP contribution in [0.1, 0.15) is 19.8 Å². The molecule has 0 aromatic carbocycles. The maximum absolute atomic E-state index is 3.85. The van der Waals surface area contributed by atoms with Crippen LogP contribution in [-0.2, 0) is 0 Å². The summed E-state index contributed by atoms with van der Waals surface area (Å²) >= 11 is 0. The highest BCUT2D eigenvalue weighted by Crippen LogP contribution is 2.09. The predicted molar refractivity (Wildman–Crippen MR) is 43.4 cm³/mol. The molecule has 0 heteroatoms. The van der Waals surface area contributed by atoms with E-state index in [4.69, 9.17) is 0 Å². The Hall–Kier alpha value is -0.780. The number of hydrogen-bond donors (Lipinski definition) is 0. The molecule has 0 atom stereocenters. The zero-order valence-electron chi connectivity index (χ0n) is 6.11. The molecule has 0 aliphatic rings. The molecule has 0 bridgehead atoms. The second-order valence-electron chi connectivity index (χ2n) is 2.38. The third kappa shape index (κ3) is 5.09. The van der Waals surface area contributed by atoms with Gasteiger partial charge in [0.05, 0.1) is 0 Å². The molecule has 0 radical (unpaired) electrons. The van der Waals surface area contributed by atoms with Gasteiger partial charge in [0.2, 0.25) is 0 Å². The minimum atomic E-state index is 0.910. The summed E-state index contributed by atoms with van der Waals surface area (Å²) in [5.41, 5.74) is 2.36. The van der Waals surface area contributed by atoms with Gasteiger partial charge in [-0.2, -0.15) is 0 Å². The molecule has 0 fully saturated rings. The van der Waals surface area contributed by atoms with E-state index >= 15 is 0 Å². The molecule has 0 unspecified atom stereocenters. The maximum Gasteiger partial charge on any atom is -0.0114 e. The molecular formula is C9H14. The molecular weight excluding hydrogens is 108 g/mol. The Kier molecular flexibility index (Phi) is 3.78. The van der Waals surface area contributed by atoms with E-state index in [1.54, 1.807) is 0 Å². The summed E-state index contributed by atoms with van der Waals surface area (Å²) in [5.74, 6) is 0. The zero-order valence-corrected chi connectivity index (χ0v) is 6.11. The van der Waals surface area contributed by atoms with E-state index in [2.05, 4.69) is 19.7 Å². The molecule has 0 aliphatic heterocycles. The van der Waals surface area contributed by atoms with E-state index in [0.29, 0.717) is 0 Å². The van der Waals surface area contributed by atoms with E-state index in [1.165, 1.54) is 11.1 Å². The average Bonchev–Trinajstić information content (AvgIpc) is 1.63. The third-order valence-corrected chi connectivity index (χ3v) is 0.985. The summed E-state index contributed by atoms with van der Waals surface area (Å²) in [5, 5.41) is 0. The first-order chi connectivity index (χ1) is 4.16. The first-order valence-corrected chi connectivity index (χ1v) is 3.08. The predicted octanol–water partition coefficient (Wildman–Crippen LogP) is 3.08. The van der Waals surface area contributed by atoms with Crippen LogP contribution >= 0.6 is 0 Å². The lowest BCUT2D eigenvalue weighted by Crippen LogP contribution is -1.78. The molecule has 0 nitrogen and oxygen atoms in total. The first-order valence-electron chi connectivity index (χ1n) is 3.08. The second kappa shape index (κ2) is 4.13. The molecule has 0 rings (SSSR count). The Balaban J connectivity index is 3.50. The summed E-state index contributed by atoms with van der Waals surface area (Å²) < 4.78 is 0. The van der Waals surface area contributed by atoms with Crippen LogP contribution in [0, 0.1) is 0 Å². The van der Waals surface area contributed by atoms with Crippen molar-refractivity contribution in [3.05, 3.63) is 37.0 Å². The summed E-state index contributed by atoms with van der Waals surface area (Å²) in [7, 11) is 0. The lowest BCUT2D eigenvalue weighted by molar-refractivity contribution is 1.06. The molecule has 0 aliphatic carbocycles. The number of allylic oxidation sites excluding steroid dienone is 3. The van der Waals surface area contributed by atoms with Gasteiger partial charge in [0.1, 0.15) is 0 Å².